The lowest BCUT2D eigenvalue weighted by molar-refractivity contribution is 0.356. The molecule has 0 aliphatic rings. The van der Waals surface area contributed by atoms with Crippen molar-refractivity contribution in [1.29, 1.82) is 0 Å². The van der Waals surface area contributed by atoms with Crippen molar-refractivity contribution in [3.05, 3.63) is 48.2 Å². The fourth-order valence-electron chi connectivity index (χ4n) is 2.85. The van der Waals surface area contributed by atoms with Crippen molar-refractivity contribution in [1.82, 2.24) is 4.98 Å². The molecule has 27 heavy (non-hydrogen) atoms. The Bertz CT molecular complexity index is 1080. The number of benzene rings is 2. The number of fused-ring (bicyclic) bond motifs is 1. The SMILES string of the molecule is COc1cc2cc(-c3cccc(NS(C)(=O)=O)c3)nc(C)c2cc1OC.Cl. The van der Waals surface area contributed by atoms with Crippen LogP contribution in [0.5, 0.6) is 11.5 Å². The molecule has 3 rings (SSSR count). The highest BCUT2D eigenvalue weighted by atomic mass is 35.5. The smallest absolute Gasteiger partial charge is 0.229 e. The summed E-state index contributed by atoms with van der Waals surface area (Å²) >= 11 is 0. The molecule has 0 unspecified atom stereocenters. The summed E-state index contributed by atoms with van der Waals surface area (Å²) in [6.45, 7) is 1.93. The van der Waals surface area contributed by atoms with E-state index in [-0.39, 0.29) is 12.4 Å². The van der Waals surface area contributed by atoms with Crippen LogP contribution < -0.4 is 14.2 Å². The summed E-state index contributed by atoms with van der Waals surface area (Å²) in [5.41, 5.74) is 2.91. The fourth-order valence-corrected chi connectivity index (χ4v) is 3.41. The van der Waals surface area contributed by atoms with Crippen molar-refractivity contribution in [2.45, 2.75) is 6.92 Å². The fraction of sp³-hybridized carbons (Fsp3) is 0.211. The molecule has 0 fully saturated rings. The number of rotatable bonds is 5. The van der Waals surface area contributed by atoms with Crippen LogP contribution in [0.2, 0.25) is 0 Å². The average molecular weight is 409 g/mol. The number of methoxy groups -OCH3 is 2. The second-order valence-corrected chi connectivity index (χ2v) is 7.72. The normalized spacial score (nSPS) is 11.0. The molecular weight excluding hydrogens is 388 g/mol. The zero-order valence-corrected chi connectivity index (χ0v) is 17.1. The average Bonchev–Trinajstić information content (AvgIpc) is 2.59. The highest BCUT2D eigenvalue weighted by molar-refractivity contribution is 7.92. The van der Waals surface area contributed by atoms with Gasteiger partial charge in [-0.25, -0.2) is 8.42 Å². The van der Waals surface area contributed by atoms with E-state index in [1.807, 2.05) is 31.2 Å². The highest BCUT2D eigenvalue weighted by Crippen LogP contribution is 2.35. The quantitative estimate of drug-likeness (QED) is 0.689. The van der Waals surface area contributed by atoms with E-state index in [1.165, 1.54) is 0 Å². The topological polar surface area (TPSA) is 77.5 Å². The van der Waals surface area contributed by atoms with Crippen molar-refractivity contribution < 1.29 is 17.9 Å². The molecule has 0 amide bonds. The van der Waals surface area contributed by atoms with E-state index in [1.54, 1.807) is 32.4 Å². The molecule has 1 heterocycles. The molecular formula is C19H21ClN2O4S. The largest absolute Gasteiger partial charge is 0.493 e. The van der Waals surface area contributed by atoms with Gasteiger partial charge in [0.2, 0.25) is 10.0 Å². The van der Waals surface area contributed by atoms with E-state index in [4.69, 9.17) is 9.47 Å². The summed E-state index contributed by atoms with van der Waals surface area (Å²) < 4.78 is 36.1. The zero-order valence-electron chi connectivity index (χ0n) is 15.4. The number of aromatic nitrogens is 1. The molecule has 1 aromatic heterocycles. The molecule has 0 saturated carbocycles. The number of nitrogens with one attached hydrogen (secondary N) is 1. The van der Waals surface area contributed by atoms with Crippen LogP contribution in [0.1, 0.15) is 5.69 Å². The van der Waals surface area contributed by atoms with Gasteiger partial charge in [0.25, 0.3) is 0 Å². The van der Waals surface area contributed by atoms with Crippen LogP contribution in [-0.4, -0.2) is 33.9 Å². The predicted molar refractivity (Wildman–Crippen MR) is 111 cm³/mol. The van der Waals surface area contributed by atoms with E-state index < -0.39 is 10.0 Å². The first-order valence-corrected chi connectivity index (χ1v) is 9.81. The first-order valence-electron chi connectivity index (χ1n) is 7.92. The van der Waals surface area contributed by atoms with Gasteiger partial charge in [0.15, 0.2) is 11.5 Å². The lowest BCUT2D eigenvalue weighted by Gasteiger charge is -2.12. The maximum Gasteiger partial charge on any atom is 0.229 e. The lowest BCUT2D eigenvalue weighted by atomic mass is 10.0. The molecule has 3 aromatic rings. The van der Waals surface area contributed by atoms with Crippen LogP contribution in [0.15, 0.2) is 42.5 Å². The van der Waals surface area contributed by atoms with E-state index in [0.717, 1.165) is 34.0 Å². The van der Waals surface area contributed by atoms with Gasteiger partial charge < -0.3 is 9.47 Å². The van der Waals surface area contributed by atoms with Crippen LogP contribution in [0.4, 0.5) is 5.69 Å². The van der Waals surface area contributed by atoms with Gasteiger partial charge in [0.05, 0.1) is 26.2 Å². The number of halogens is 1. The summed E-state index contributed by atoms with van der Waals surface area (Å²) in [5, 5.41) is 1.93. The maximum absolute atomic E-state index is 11.5. The zero-order chi connectivity index (χ0) is 18.9. The third-order valence-corrected chi connectivity index (χ3v) is 4.59. The van der Waals surface area contributed by atoms with Gasteiger partial charge >= 0.3 is 0 Å². The van der Waals surface area contributed by atoms with Gasteiger partial charge in [-0.2, -0.15) is 0 Å². The number of anilines is 1. The predicted octanol–water partition coefficient (Wildman–Crippen LogP) is 4.02. The minimum Gasteiger partial charge on any atom is -0.493 e. The van der Waals surface area contributed by atoms with E-state index in [2.05, 4.69) is 9.71 Å². The molecule has 0 bridgehead atoms. The maximum atomic E-state index is 11.5. The third-order valence-electron chi connectivity index (χ3n) is 3.99. The molecule has 8 heteroatoms. The Morgan fingerprint density at radius 1 is 1.00 bits per heavy atom. The second-order valence-electron chi connectivity index (χ2n) is 5.98. The minimum absolute atomic E-state index is 0. The van der Waals surface area contributed by atoms with E-state index in [0.29, 0.717) is 17.2 Å². The van der Waals surface area contributed by atoms with Crippen molar-refractivity contribution in [2.75, 3.05) is 25.2 Å². The van der Waals surface area contributed by atoms with Gasteiger partial charge in [0.1, 0.15) is 0 Å². The van der Waals surface area contributed by atoms with Crippen molar-refractivity contribution in [3.63, 3.8) is 0 Å². The number of nitrogens with zero attached hydrogens (tertiary/aromatic N) is 1. The number of pyridine rings is 1. The molecule has 144 valence electrons. The molecule has 6 nitrogen and oxygen atoms in total. The summed E-state index contributed by atoms with van der Waals surface area (Å²) in [7, 11) is -0.142. The monoisotopic (exact) mass is 408 g/mol. The van der Waals surface area contributed by atoms with E-state index >= 15 is 0 Å². The number of aryl methyl sites for hydroxylation is 1. The molecule has 0 aliphatic carbocycles. The molecule has 1 N–H and O–H groups in total. The molecule has 0 spiro atoms. The Morgan fingerprint density at radius 3 is 2.30 bits per heavy atom. The van der Waals surface area contributed by atoms with Crippen molar-refractivity contribution in [2.24, 2.45) is 0 Å². The van der Waals surface area contributed by atoms with Gasteiger partial charge in [-0.15, -0.1) is 12.4 Å². The number of ether oxygens (including phenoxy) is 2. The minimum atomic E-state index is -3.34. The number of sulfonamides is 1. The molecule has 0 saturated heterocycles. The molecule has 0 aliphatic heterocycles. The van der Waals surface area contributed by atoms with Gasteiger partial charge in [-0.05, 0) is 42.6 Å². The summed E-state index contributed by atoms with van der Waals surface area (Å²) in [4.78, 5) is 4.67. The Kier molecular flexibility index (Phi) is 6.18. The molecule has 0 radical (unpaired) electrons. The van der Waals surface area contributed by atoms with Crippen molar-refractivity contribution in [3.8, 4) is 22.8 Å². The molecule has 2 aromatic carbocycles. The summed E-state index contributed by atoms with van der Waals surface area (Å²) in [6.07, 6.45) is 1.12. The Balaban J connectivity index is 0.00000261. The van der Waals surface area contributed by atoms with E-state index in [9.17, 15) is 8.42 Å². The summed E-state index contributed by atoms with van der Waals surface area (Å²) in [6, 6.07) is 12.9. The molecule has 0 atom stereocenters. The standard InChI is InChI=1S/C19H20N2O4S.ClH/c1-12-16-11-19(25-3)18(24-2)10-14(16)9-17(20-12)13-6-5-7-15(8-13)21-26(4,22)23;/h5-11,21H,1-4H3;1H. The van der Waals surface area contributed by atoms with Crippen molar-refractivity contribution >= 4 is 38.9 Å². The Hall–Kier alpha value is -2.51. The van der Waals surface area contributed by atoms with Crippen LogP contribution in [-0.2, 0) is 10.0 Å². The van der Waals surface area contributed by atoms with Gasteiger partial charge in [-0.1, -0.05) is 12.1 Å². The number of hydrogen-bond acceptors (Lipinski definition) is 5. The van der Waals surface area contributed by atoms with Crippen LogP contribution in [0.3, 0.4) is 0 Å². The summed E-state index contributed by atoms with van der Waals surface area (Å²) in [5.74, 6) is 1.29. The lowest BCUT2D eigenvalue weighted by Crippen LogP contribution is -2.09. The first-order chi connectivity index (χ1) is 12.3. The highest BCUT2D eigenvalue weighted by Gasteiger charge is 2.11. The van der Waals surface area contributed by atoms with Crippen LogP contribution in [0.25, 0.3) is 22.0 Å². The Labute approximate surface area is 165 Å². The van der Waals surface area contributed by atoms with Gasteiger partial charge in [0, 0.05) is 22.3 Å². The second kappa shape index (κ2) is 8.02. The first kappa shape index (κ1) is 20.8. The Morgan fingerprint density at radius 2 is 1.67 bits per heavy atom. The van der Waals surface area contributed by atoms with Crippen LogP contribution in [0, 0.1) is 6.92 Å². The third kappa shape index (κ3) is 4.61. The van der Waals surface area contributed by atoms with Crippen LogP contribution >= 0.6 is 12.4 Å². The van der Waals surface area contributed by atoms with Gasteiger partial charge in [-0.3, -0.25) is 9.71 Å². The number of hydrogen-bond donors (Lipinski definition) is 1.